The van der Waals surface area contributed by atoms with Crippen LogP contribution in [0.1, 0.15) is 28.4 Å². The van der Waals surface area contributed by atoms with Crippen molar-refractivity contribution < 1.29 is 14.3 Å². The summed E-state index contributed by atoms with van der Waals surface area (Å²) in [6, 6.07) is 14.7. The molecule has 0 heterocycles. The van der Waals surface area contributed by atoms with Crippen molar-refractivity contribution in [3.63, 3.8) is 0 Å². The van der Waals surface area contributed by atoms with Crippen molar-refractivity contribution in [1.82, 2.24) is 0 Å². The fourth-order valence-corrected chi connectivity index (χ4v) is 1.82. The van der Waals surface area contributed by atoms with E-state index in [9.17, 15) is 9.59 Å². The maximum atomic E-state index is 10.7. The molecule has 4 nitrogen and oxygen atoms in total. The van der Waals surface area contributed by atoms with Gasteiger partial charge >= 0.3 is 5.97 Å². The van der Waals surface area contributed by atoms with Crippen LogP contribution in [0.5, 0.6) is 5.75 Å². The molecule has 0 radical (unpaired) electrons. The van der Waals surface area contributed by atoms with Gasteiger partial charge in [-0.2, -0.15) is 0 Å². The minimum atomic E-state index is -0.323. The highest BCUT2D eigenvalue weighted by atomic mass is 16.5. The lowest BCUT2D eigenvalue weighted by Crippen LogP contribution is -2.10. The molecule has 0 saturated carbocycles. The molecule has 0 atom stereocenters. The molecule has 2 aromatic rings. The Balaban J connectivity index is 0.000000157. The molecule has 0 fully saturated rings. The number of hydrogen-bond acceptors (Lipinski definition) is 4. The molecule has 4 rings (SSSR count). The van der Waals surface area contributed by atoms with E-state index in [0.29, 0.717) is 12.3 Å². The van der Waals surface area contributed by atoms with Gasteiger partial charge in [0.2, 0.25) is 0 Å². The molecule has 2 bridgehead atoms. The molecule has 2 N–H and O–H groups in total. The SMILES string of the molecule is CC(=O)Oc1ccccc1CN.O=C1c2cccc1c2. The summed E-state index contributed by atoms with van der Waals surface area (Å²) < 4.78 is 4.92. The number of carbonyl (C=O) groups excluding carboxylic acids is 2. The summed E-state index contributed by atoms with van der Waals surface area (Å²) in [5.41, 5.74) is 7.97. The van der Waals surface area contributed by atoms with Crippen molar-refractivity contribution >= 4 is 11.8 Å². The van der Waals surface area contributed by atoms with Gasteiger partial charge in [-0.05, 0) is 12.1 Å². The Labute approximate surface area is 117 Å². The minimum Gasteiger partial charge on any atom is -0.426 e. The van der Waals surface area contributed by atoms with Gasteiger partial charge in [0.05, 0.1) is 0 Å². The number of hydrogen-bond donors (Lipinski definition) is 1. The monoisotopic (exact) mass is 269 g/mol. The Bertz CT molecular complexity index is 621. The van der Waals surface area contributed by atoms with Gasteiger partial charge in [0.1, 0.15) is 5.75 Å². The predicted octanol–water partition coefficient (Wildman–Crippen LogP) is 2.30. The van der Waals surface area contributed by atoms with Gasteiger partial charge in [-0.15, -0.1) is 0 Å². The summed E-state index contributed by atoms with van der Waals surface area (Å²) in [5, 5.41) is 0. The van der Waals surface area contributed by atoms with E-state index in [2.05, 4.69) is 0 Å². The van der Waals surface area contributed by atoms with Crippen molar-refractivity contribution in [1.29, 1.82) is 0 Å². The van der Waals surface area contributed by atoms with E-state index >= 15 is 0 Å². The second kappa shape index (κ2) is 6.12. The summed E-state index contributed by atoms with van der Waals surface area (Å²) in [7, 11) is 0. The zero-order chi connectivity index (χ0) is 14.5. The van der Waals surface area contributed by atoms with Gasteiger partial charge < -0.3 is 10.5 Å². The molecule has 2 aromatic carbocycles. The van der Waals surface area contributed by atoms with E-state index in [1.54, 1.807) is 12.1 Å². The van der Waals surface area contributed by atoms with Crippen LogP contribution >= 0.6 is 0 Å². The number of ketones is 1. The Kier molecular flexibility index (Phi) is 4.27. The quantitative estimate of drug-likeness (QED) is 0.572. The molecule has 0 spiro atoms. The average Bonchev–Trinajstić information content (AvgIpc) is 2.48. The first-order valence-electron chi connectivity index (χ1n) is 6.23. The van der Waals surface area contributed by atoms with Gasteiger partial charge in [0.15, 0.2) is 5.78 Å². The largest absolute Gasteiger partial charge is 0.426 e. The number of fused-ring (bicyclic) bond motifs is 2. The van der Waals surface area contributed by atoms with Crippen molar-refractivity contribution in [2.75, 3.05) is 0 Å². The van der Waals surface area contributed by atoms with E-state index in [1.165, 1.54) is 6.92 Å². The van der Waals surface area contributed by atoms with Crippen LogP contribution in [-0.2, 0) is 11.3 Å². The molecule has 102 valence electrons. The molecular formula is C16H15NO3. The third kappa shape index (κ3) is 3.10. The first kappa shape index (κ1) is 14.0. The van der Waals surface area contributed by atoms with Crippen LogP contribution < -0.4 is 10.5 Å². The van der Waals surface area contributed by atoms with Crippen molar-refractivity contribution in [2.24, 2.45) is 5.73 Å². The second-order valence-corrected chi connectivity index (χ2v) is 4.32. The number of esters is 1. The summed E-state index contributed by atoms with van der Waals surface area (Å²) in [6.07, 6.45) is 0. The van der Waals surface area contributed by atoms with Gasteiger partial charge in [0, 0.05) is 30.2 Å². The molecule has 0 aromatic heterocycles. The highest BCUT2D eigenvalue weighted by molar-refractivity contribution is 6.16. The number of nitrogens with two attached hydrogens (primary N) is 1. The lowest BCUT2D eigenvalue weighted by atomic mass is 9.92. The maximum absolute atomic E-state index is 10.7. The molecule has 2 aliphatic rings. The number of para-hydroxylation sites is 1. The van der Waals surface area contributed by atoms with Crippen LogP contribution in [0.2, 0.25) is 0 Å². The third-order valence-corrected chi connectivity index (χ3v) is 2.83. The smallest absolute Gasteiger partial charge is 0.308 e. The van der Waals surface area contributed by atoms with Gasteiger partial charge in [-0.3, -0.25) is 9.59 Å². The minimum absolute atomic E-state index is 0.201. The van der Waals surface area contributed by atoms with Crippen molar-refractivity contribution in [3.05, 3.63) is 65.2 Å². The van der Waals surface area contributed by atoms with Gasteiger partial charge in [0.25, 0.3) is 0 Å². The predicted molar refractivity (Wildman–Crippen MR) is 75.5 cm³/mol. The van der Waals surface area contributed by atoms with Crippen LogP contribution in [0.25, 0.3) is 0 Å². The van der Waals surface area contributed by atoms with Crippen LogP contribution in [0.15, 0.2) is 48.5 Å². The van der Waals surface area contributed by atoms with E-state index in [-0.39, 0.29) is 11.8 Å². The number of benzene rings is 2. The molecule has 0 saturated heterocycles. The average molecular weight is 269 g/mol. The summed E-state index contributed by atoms with van der Waals surface area (Å²) in [6.45, 7) is 1.75. The molecule has 4 heteroatoms. The van der Waals surface area contributed by atoms with E-state index in [4.69, 9.17) is 10.5 Å². The second-order valence-electron chi connectivity index (χ2n) is 4.32. The zero-order valence-electron chi connectivity index (χ0n) is 11.1. The van der Waals surface area contributed by atoms with Crippen molar-refractivity contribution in [3.8, 4) is 5.75 Å². The maximum Gasteiger partial charge on any atom is 0.308 e. The lowest BCUT2D eigenvalue weighted by molar-refractivity contribution is -0.131. The Hall–Kier alpha value is -2.46. The van der Waals surface area contributed by atoms with Crippen molar-refractivity contribution in [2.45, 2.75) is 13.5 Å². The molecule has 20 heavy (non-hydrogen) atoms. The van der Waals surface area contributed by atoms with Crippen LogP contribution in [0.4, 0.5) is 0 Å². The zero-order valence-corrected chi connectivity index (χ0v) is 11.1. The summed E-state index contributed by atoms with van der Waals surface area (Å²) >= 11 is 0. The van der Waals surface area contributed by atoms with E-state index in [1.807, 2.05) is 36.4 Å². The topological polar surface area (TPSA) is 69.4 Å². The van der Waals surface area contributed by atoms with Gasteiger partial charge in [-0.25, -0.2) is 0 Å². The highest BCUT2D eigenvalue weighted by Crippen LogP contribution is 2.19. The molecule has 0 aliphatic heterocycles. The van der Waals surface area contributed by atoms with Crippen LogP contribution in [0, 0.1) is 0 Å². The van der Waals surface area contributed by atoms with E-state index < -0.39 is 0 Å². The Morgan fingerprint density at radius 3 is 2.20 bits per heavy atom. The highest BCUT2D eigenvalue weighted by Gasteiger charge is 2.17. The number of rotatable bonds is 2. The molecule has 2 aliphatic carbocycles. The fraction of sp³-hybridized carbons (Fsp3) is 0.125. The lowest BCUT2D eigenvalue weighted by Gasteiger charge is -2.10. The first-order chi connectivity index (χ1) is 9.61. The fourth-order valence-electron chi connectivity index (χ4n) is 1.82. The van der Waals surface area contributed by atoms with Gasteiger partial charge in [-0.1, -0.05) is 36.4 Å². The third-order valence-electron chi connectivity index (χ3n) is 2.83. The summed E-state index contributed by atoms with van der Waals surface area (Å²) in [5.74, 6) is 0.427. The standard InChI is InChI=1S/C9H11NO2.C7H4O/c1-7(11)12-9-5-3-2-4-8(9)6-10;8-7-5-2-1-3-6(7)4-5/h2-5H,6,10H2,1H3;1-4H. The Morgan fingerprint density at radius 2 is 1.75 bits per heavy atom. The summed E-state index contributed by atoms with van der Waals surface area (Å²) in [4.78, 5) is 21.3. The first-order valence-corrected chi connectivity index (χ1v) is 6.23. The van der Waals surface area contributed by atoms with E-state index in [0.717, 1.165) is 16.7 Å². The Morgan fingerprint density at radius 1 is 1.10 bits per heavy atom. The molecular weight excluding hydrogens is 254 g/mol. The molecule has 0 amide bonds. The normalized spacial score (nSPS) is 11.0. The van der Waals surface area contributed by atoms with Crippen LogP contribution in [-0.4, -0.2) is 11.8 Å². The number of carbonyl (C=O) groups is 2. The number of ether oxygens (including phenoxy) is 1. The van der Waals surface area contributed by atoms with Crippen LogP contribution in [0.3, 0.4) is 0 Å². The molecule has 0 unspecified atom stereocenters.